The van der Waals surface area contributed by atoms with E-state index < -0.39 is 19.9 Å². The third-order valence-electron chi connectivity index (χ3n) is 4.29. The Balaban J connectivity index is 0.00000243. The Hall–Kier alpha value is -1.52. The molecule has 0 bridgehead atoms. The molecule has 2 atom stereocenters. The molecule has 2 heterocycles. The normalized spacial score (nSPS) is 21.3. The Morgan fingerprint density at radius 3 is 2.23 bits per heavy atom. The molecule has 1 aliphatic heterocycles. The Morgan fingerprint density at radius 1 is 1.04 bits per heavy atom. The zero-order chi connectivity index (χ0) is 18.2. The van der Waals surface area contributed by atoms with Crippen LogP contribution in [-0.2, 0) is 19.9 Å². The first kappa shape index (κ1) is 20.8. The summed E-state index contributed by atoms with van der Waals surface area (Å²) >= 11 is 0. The number of nitrogens with two attached hydrogens (primary N) is 1. The smallest absolute Gasteiger partial charge is 0.244 e. The summed E-state index contributed by atoms with van der Waals surface area (Å²) in [5.74, 6) is -0.0840. The molecule has 0 aliphatic carbocycles. The van der Waals surface area contributed by atoms with Crippen molar-refractivity contribution in [1.82, 2.24) is 9.29 Å². The second kappa shape index (κ2) is 7.61. The summed E-state index contributed by atoms with van der Waals surface area (Å²) in [5.41, 5.74) is 7.15. The minimum atomic E-state index is -3.78. The van der Waals surface area contributed by atoms with E-state index in [9.17, 15) is 16.8 Å². The van der Waals surface area contributed by atoms with Gasteiger partial charge in [0.05, 0.1) is 0 Å². The SMILES string of the molecule is CS(=O)(=O)c1ccc(S(=O)(=O)N2C[C@@H](N)[C@H](c3ccccc3)C2)cn1.Cl. The number of rotatable bonds is 4. The Bertz CT molecular complexity index is 964. The van der Waals surface area contributed by atoms with Gasteiger partial charge in [-0.25, -0.2) is 21.8 Å². The number of sulfonamides is 1. The molecule has 0 radical (unpaired) electrons. The molecule has 142 valence electrons. The van der Waals surface area contributed by atoms with Crippen molar-refractivity contribution < 1.29 is 16.8 Å². The van der Waals surface area contributed by atoms with Gasteiger partial charge in [0, 0.05) is 37.5 Å². The lowest BCUT2D eigenvalue weighted by Gasteiger charge is -2.16. The fourth-order valence-electron chi connectivity index (χ4n) is 2.93. The summed E-state index contributed by atoms with van der Waals surface area (Å²) in [6.07, 6.45) is 2.10. The number of nitrogens with zero attached hydrogens (tertiary/aromatic N) is 2. The minimum absolute atomic E-state index is 0. The summed E-state index contributed by atoms with van der Waals surface area (Å²) in [4.78, 5) is 3.72. The van der Waals surface area contributed by atoms with Crippen LogP contribution >= 0.6 is 12.4 Å². The van der Waals surface area contributed by atoms with Gasteiger partial charge in [-0.2, -0.15) is 4.31 Å². The van der Waals surface area contributed by atoms with E-state index >= 15 is 0 Å². The van der Waals surface area contributed by atoms with E-state index in [4.69, 9.17) is 5.73 Å². The van der Waals surface area contributed by atoms with Crippen LogP contribution in [0.3, 0.4) is 0 Å². The van der Waals surface area contributed by atoms with E-state index in [0.29, 0.717) is 0 Å². The van der Waals surface area contributed by atoms with Crippen LogP contribution in [0.4, 0.5) is 0 Å². The molecule has 10 heteroatoms. The van der Waals surface area contributed by atoms with E-state index in [1.807, 2.05) is 30.3 Å². The number of halogens is 1. The standard InChI is InChI=1S/C16H19N3O4S2.ClH/c1-24(20,21)16-8-7-13(9-18-16)25(22,23)19-10-14(15(17)11-19)12-5-3-2-4-6-12;/h2-9,14-15H,10-11,17H2,1H3;1H/t14-,15+;/m0./s1. The minimum Gasteiger partial charge on any atom is -0.326 e. The number of benzene rings is 1. The molecule has 1 saturated heterocycles. The maximum Gasteiger partial charge on any atom is 0.244 e. The highest BCUT2D eigenvalue weighted by Crippen LogP contribution is 2.30. The summed E-state index contributed by atoms with van der Waals surface area (Å²) in [6.45, 7) is 0.483. The Kier molecular flexibility index (Phi) is 6.09. The molecule has 0 saturated carbocycles. The monoisotopic (exact) mass is 417 g/mol. The second-order valence-corrected chi connectivity index (χ2v) is 10.0. The van der Waals surface area contributed by atoms with Gasteiger partial charge in [0.25, 0.3) is 0 Å². The molecule has 2 N–H and O–H groups in total. The third-order valence-corrected chi connectivity index (χ3v) is 7.10. The average molecular weight is 418 g/mol. The molecule has 7 nitrogen and oxygen atoms in total. The molecule has 2 aromatic rings. The highest BCUT2D eigenvalue weighted by Gasteiger charge is 2.38. The van der Waals surface area contributed by atoms with Crippen LogP contribution < -0.4 is 5.73 Å². The van der Waals surface area contributed by atoms with Crippen molar-refractivity contribution in [2.24, 2.45) is 5.73 Å². The molecule has 0 amide bonds. The zero-order valence-corrected chi connectivity index (χ0v) is 16.5. The lowest BCUT2D eigenvalue weighted by molar-refractivity contribution is 0.469. The molecular formula is C16H20ClN3O4S2. The molecule has 26 heavy (non-hydrogen) atoms. The number of pyridine rings is 1. The van der Waals surface area contributed by atoms with Gasteiger partial charge in [-0.3, -0.25) is 0 Å². The van der Waals surface area contributed by atoms with Crippen LogP contribution in [0, 0.1) is 0 Å². The van der Waals surface area contributed by atoms with Gasteiger partial charge in [0.2, 0.25) is 10.0 Å². The highest BCUT2D eigenvalue weighted by atomic mass is 35.5. The summed E-state index contributed by atoms with van der Waals surface area (Å²) in [5, 5.41) is -0.160. The van der Waals surface area contributed by atoms with Gasteiger partial charge in [-0.1, -0.05) is 30.3 Å². The quantitative estimate of drug-likeness (QED) is 0.795. The third kappa shape index (κ3) is 4.07. The summed E-state index contributed by atoms with van der Waals surface area (Å²) in [7, 11) is -7.26. The van der Waals surface area contributed by atoms with Gasteiger partial charge >= 0.3 is 0 Å². The van der Waals surface area contributed by atoms with Gasteiger partial charge in [-0.05, 0) is 17.7 Å². The van der Waals surface area contributed by atoms with Crippen LogP contribution in [0.25, 0.3) is 0 Å². The van der Waals surface area contributed by atoms with Gasteiger partial charge in [0.15, 0.2) is 14.9 Å². The second-order valence-electron chi connectivity index (χ2n) is 6.11. The molecular weight excluding hydrogens is 398 g/mol. The molecule has 1 aromatic heterocycles. The molecule has 0 unspecified atom stereocenters. The van der Waals surface area contributed by atoms with Gasteiger partial charge < -0.3 is 5.73 Å². The average Bonchev–Trinajstić information content (AvgIpc) is 2.98. The first-order valence-corrected chi connectivity index (χ1v) is 11.0. The van der Waals surface area contributed by atoms with Crippen molar-refractivity contribution in [3.8, 4) is 0 Å². The molecule has 1 aliphatic rings. The lowest BCUT2D eigenvalue weighted by Crippen LogP contribution is -2.32. The van der Waals surface area contributed by atoms with E-state index in [0.717, 1.165) is 18.0 Å². The number of aromatic nitrogens is 1. The fourth-order valence-corrected chi connectivity index (χ4v) is 4.94. The van der Waals surface area contributed by atoms with E-state index in [1.54, 1.807) is 0 Å². The van der Waals surface area contributed by atoms with E-state index in [1.165, 1.54) is 16.4 Å². The molecule has 1 aromatic carbocycles. The van der Waals surface area contributed by atoms with Crippen molar-refractivity contribution >= 4 is 32.3 Å². The number of sulfone groups is 1. The zero-order valence-electron chi connectivity index (χ0n) is 14.0. The van der Waals surface area contributed by atoms with E-state index in [2.05, 4.69) is 4.98 Å². The lowest BCUT2D eigenvalue weighted by atomic mass is 9.95. The Morgan fingerprint density at radius 2 is 1.69 bits per heavy atom. The van der Waals surface area contributed by atoms with Gasteiger partial charge in [-0.15, -0.1) is 12.4 Å². The topological polar surface area (TPSA) is 110 Å². The predicted octanol–water partition coefficient (Wildman–Crippen LogP) is 1.02. The highest BCUT2D eigenvalue weighted by molar-refractivity contribution is 7.90. The van der Waals surface area contributed by atoms with Crippen LogP contribution in [0.2, 0.25) is 0 Å². The largest absolute Gasteiger partial charge is 0.326 e. The van der Waals surface area contributed by atoms with E-state index in [-0.39, 0.29) is 47.4 Å². The van der Waals surface area contributed by atoms with Crippen molar-refractivity contribution in [3.05, 3.63) is 54.2 Å². The van der Waals surface area contributed by atoms with Crippen LogP contribution in [0.1, 0.15) is 11.5 Å². The van der Waals surface area contributed by atoms with Crippen molar-refractivity contribution in [2.45, 2.75) is 21.9 Å². The first-order valence-electron chi connectivity index (χ1n) is 7.66. The maximum atomic E-state index is 12.8. The van der Waals surface area contributed by atoms with Crippen molar-refractivity contribution in [3.63, 3.8) is 0 Å². The van der Waals surface area contributed by atoms with Crippen LogP contribution in [-0.4, -0.2) is 51.5 Å². The van der Waals surface area contributed by atoms with Crippen molar-refractivity contribution in [1.29, 1.82) is 0 Å². The maximum absolute atomic E-state index is 12.8. The molecule has 3 rings (SSSR count). The van der Waals surface area contributed by atoms with Gasteiger partial charge in [0.1, 0.15) is 4.90 Å². The first-order chi connectivity index (χ1) is 11.7. The number of hydrogen-bond donors (Lipinski definition) is 1. The Labute approximate surface area is 159 Å². The summed E-state index contributed by atoms with van der Waals surface area (Å²) in [6, 6.07) is 11.7. The van der Waals surface area contributed by atoms with Crippen molar-refractivity contribution in [2.75, 3.05) is 19.3 Å². The predicted molar refractivity (Wildman–Crippen MR) is 101 cm³/mol. The molecule has 1 fully saturated rings. The molecule has 0 spiro atoms. The van der Waals surface area contributed by atoms with Crippen LogP contribution in [0.15, 0.2) is 58.6 Å². The van der Waals surface area contributed by atoms with Crippen LogP contribution in [0.5, 0.6) is 0 Å². The fraction of sp³-hybridized carbons (Fsp3) is 0.312. The number of hydrogen-bond acceptors (Lipinski definition) is 6. The summed E-state index contributed by atoms with van der Waals surface area (Å²) < 4.78 is 49.8.